The van der Waals surface area contributed by atoms with Gasteiger partial charge in [-0.15, -0.1) is 0 Å². The molecule has 10 rings (SSSR count). The first-order valence-electron chi connectivity index (χ1n) is 17.7. The fraction of sp³-hybridized carbons (Fsp3) is 0.0638. The van der Waals surface area contributed by atoms with E-state index < -0.39 is 0 Å². The van der Waals surface area contributed by atoms with Crippen LogP contribution in [0.4, 0.5) is 0 Å². The third-order valence-electron chi connectivity index (χ3n) is 10.5. The molecule has 0 aliphatic heterocycles. The number of hydrogen-bond donors (Lipinski definition) is 0. The third kappa shape index (κ3) is 4.70. The molecular weight excluding hydrogens is 635 g/mol. The number of para-hydroxylation sites is 1. The molecule has 9 aromatic rings. The zero-order valence-electron chi connectivity index (χ0n) is 28.8. The van der Waals surface area contributed by atoms with E-state index in [1.54, 1.807) is 0 Å². The minimum absolute atomic E-state index is 0.333. The number of benzene rings is 6. The van der Waals surface area contributed by atoms with E-state index in [9.17, 15) is 0 Å². The predicted octanol–water partition coefficient (Wildman–Crippen LogP) is 11.3. The smallest absolute Gasteiger partial charge is 0.164 e. The lowest BCUT2D eigenvalue weighted by Crippen LogP contribution is -2.17. The van der Waals surface area contributed by atoms with E-state index in [1.807, 2.05) is 36.5 Å². The molecule has 0 bridgehead atoms. The lowest BCUT2D eigenvalue weighted by Gasteiger charge is -2.24. The van der Waals surface area contributed by atoms with Crippen LogP contribution in [0.25, 0.3) is 84.0 Å². The van der Waals surface area contributed by atoms with Gasteiger partial charge in [-0.3, -0.25) is 4.57 Å². The summed E-state index contributed by atoms with van der Waals surface area (Å²) in [7, 11) is 0. The molecule has 0 fully saturated rings. The maximum absolute atomic E-state index is 5.20. The summed E-state index contributed by atoms with van der Waals surface area (Å²) in [6, 6.07) is 55.2. The summed E-state index contributed by atoms with van der Waals surface area (Å²) in [6.07, 6.45) is 1.88. The molecule has 6 aromatic carbocycles. The van der Waals surface area contributed by atoms with Gasteiger partial charge in [0.1, 0.15) is 5.65 Å². The van der Waals surface area contributed by atoms with Gasteiger partial charge >= 0.3 is 0 Å². The Kier molecular flexibility index (Phi) is 6.77. The van der Waals surface area contributed by atoms with E-state index in [1.165, 1.54) is 33.2 Å². The zero-order chi connectivity index (χ0) is 34.8. The maximum Gasteiger partial charge on any atom is 0.164 e. The van der Waals surface area contributed by atoms with Crippen molar-refractivity contribution in [1.82, 2.24) is 24.5 Å². The Balaban J connectivity index is 1.12. The van der Waals surface area contributed by atoms with Crippen LogP contribution in [-0.4, -0.2) is 24.5 Å². The molecule has 1 aliphatic rings. The second kappa shape index (κ2) is 11.7. The average Bonchev–Trinajstić information content (AvgIpc) is 3.67. The molecule has 0 unspecified atom stereocenters. The van der Waals surface area contributed by atoms with Gasteiger partial charge in [0.05, 0.1) is 5.52 Å². The first-order chi connectivity index (χ1) is 25.5. The largest absolute Gasteiger partial charge is 0.294 e. The highest BCUT2D eigenvalue weighted by Gasteiger charge is 2.38. The molecule has 1 aliphatic carbocycles. The average molecular weight is 668 g/mol. The monoisotopic (exact) mass is 667 g/mol. The van der Waals surface area contributed by atoms with Crippen molar-refractivity contribution in [3.63, 3.8) is 0 Å². The lowest BCUT2D eigenvalue weighted by molar-refractivity contribution is 0.660. The quantitative estimate of drug-likeness (QED) is 0.183. The summed E-state index contributed by atoms with van der Waals surface area (Å²) in [6.45, 7) is 4.63. The molecule has 0 spiro atoms. The Morgan fingerprint density at radius 2 is 1.06 bits per heavy atom. The molecule has 3 aromatic heterocycles. The molecule has 0 saturated carbocycles. The van der Waals surface area contributed by atoms with Crippen LogP contribution >= 0.6 is 0 Å². The van der Waals surface area contributed by atoms with Gasteiger partial charge in [-0.2, -0.15) is 0 Å². The Morgan fingerprint density at radius 3 is 1.83 bits per heavy atom. The first kappa shape index (κ1) is 30.1. The van der Waals surface area contributed by atoms with Crippen molar-refractivity contribution in [3.05, 3.63) is 175 Å². The molecule has 5 nitrogen and oxygen atoms in total. The van der Waals surface area contributed by atoms with Gasteiger partial charge in [0.15, 0.2) is 17.5 Å². The van der Waals surface area contributed by atoms with Crippen molar-refractivity contribution in [2.75, 3.05) is 0 Å². The maximum atomic E-state index is 5.20. The topological polar surface area (TPSA) is 56.5 Å². The molecule has 3 heterocycles. The predicted molar refractivity (Wildman–Crippen MR) is 211 cm³/mol. The van der Waals surface area contributed by atoms with Gasteiger partial charge in [0, 0.05) is 44.8 Å². The van der Waals surface area contributed by atoms with Crippen LogP contribution in [0.5, 0.6) is 0 Å². The van der Waals surface area contributed by atoms with E-state index in [0.717, 1.165) is 44.5 Å². The Hall–Kier alpha value is -6.72. The van der Waals surface area contributed by atoms with Crippen LogP contribution in [0, 0.1) is 0 Å². The number of fused-ring (bicyclic) bond motifs is 6. The number of pyridine rings is 1. The number of rotatable bonds is 5. The van der Waals surface area contributed by atoms with Crippen LogP contribution in [0.15, 0.2) is 164 Å². The number of nitrogens with zero attached hydrogens (tertiary/aromatic N) is 5. The van der Waals surface area contributed by atoms with Crippen LogP contribution < -0.4 is 0 Å². The van der Waals surface area contributed by atoms with Crippen molar-refractivity contribution in [2.45, 2.75) is 19.3 Å². The van der Waals surface area contributed by atoms with Gasteiger partial charge in [0.25, 0.3) is 0 Å². The molecular formula is C47H33N5. The lowest BCUT2D eigenvalue weighted by atomic mass is 9.80. The Morgan fingerprint density at radius 1 is 0.462 bits per heavy atom. The zero-order valence-corrected chi connectivity index (χ0v) is 28.8. The van der Waals surface area contributed by atoms with E-state index >= 15 is 0 Å². The molecule has 0 amide bonds. The Bertz CT molecular complexity index is 2750. The van der Waals surface area contributed by atoms with E-state index in [-0.39, 0.29) is 5.41 Å². The van der Waals surface area contributed by atoms with Gasteiger partial charge in [-0.05, 0) is 63.7 Å². The Labute approximate surface area is 302 Å². The van der Waals surface area contributed by atoms with E-state index in [4.69, 9.17) is 19.9 Å². The van der Waals surface area contributed by atoms with Crippen LogP contribution in [0.1, 0.15) is 25.0 Å². The van der Waals surface area contributed by atoms with Crippen molar-refractivity contribution in [3.8, 4) is 62.1 Å². The molecule has 0 saturated heterocycles. The highest BCUT2D eigenvalue weighted by molar-refractivity contribution is 6.07. The van der Waals surface area contributed by atoms with Crippen LogP contribution in [0.3, 0.4) is 0 Å². The molecule has 52 heavy (non-hydrogen) atoms. The van der Waals surface area contributed by atoms with Crippen molar-refractivity contribution in [1.29, 1.82) is 0 Å². The summed E-state index contributed by atoms with van der Waals surface area (Å²) in [5.41, 5.74) is 13.0. The van der Waals surface area contributed by atoms with E-state index in [2.05, 4.69) is 146 Å². The van der Waals surface area contributed by atoms with Gasteiger partial charge in [-0.1, -0.05) is 141 Å². The number of hydrogen-bond acceptors (Lipinski definition) is 4. The van der Waals surface area contributed by atoms with Crippen molar-refractivity contribution in [2.24, 2.45) is 0 Å². The fourth-order valence-electron chi connectivity index (χ4n) is 8.04. The van der Waals surface area contributed by atoms with Gasteiger partial charge < -0.3 is 0 Å². The second-order valence-corrected chi connectivity index (χ2v) is 13.9. The summed E-state index contributed by atoms with van der Waals surface area (Å²) in [4.78, 5) is 20.2. The minimum atomic E-state index is -0.333. The molecule has 0 N–H and O–H groups in total. The highest BCUT2D eigenvalue weighted by Crippen LogP contribution is 2.52. The van der Waals surface area contributed by atoms with Crippen molar-refractivity contribution >= 4 is 21.9 Å². The van der Waals surface area contributed by atoms with Crippen molar-refractivity contribution < 1.29 is 0 Å². The summed E-state index contributed by atoms with van der Waals surface area (Å²) < 4.78 is 2.29. The standard InChI is InChI=1S/C47H33N5/c1-47(2)40-29-34(52-41-21-10-9-17-36(41)38-20-12-28-48-46(38)52)26-27-35(40)37-18-11-19-39(42(37)47)45-50-43(32-15-7-4-8-16-32)49-44(51-45)33-24-22-31(23-25-33)30-13-5-3-6-14-30/h3-29H,1-2H3. The fourth-order valence-corrected chi connectivity index (χ4v) is 8.04. The van der Waals surface area contributed by atoms with Crippen LogP contribution in [0.2, 0.25) is 0 Å². The molecule has 5 heteroatoms. The second-order valence-electron chi connectivity index (χ2n) is 13.9. The van der Waals surface area contributed by atoms with Gasteiger partial charge in [0.2, 0.25) is 0 Å². The number of aromatic nitrogens is 5. The third-order valence-corrected chi connectivity index (χ3v) is 10.5. The molecule has 246 valence electrons. The summed E-state index contributed by atoms with van der Waals surface area (Å²) in [5.74, 6) is 1.97. The highest BCUT2D eigenvalue weighted by atomic mass is 15.0. The first-order valence-corrected chi connectivity index (χ1v) is 17.7. The SMILES string of the molecule is CC1(C)c2cc(-n3c4ccccc4c4cccnc43)ccc2-c2cccc(-c3nc(-c4ccccc4)nc(-c4ccc(-c5ccccc5)cc4)n3)c21. The summed E-state index contributed by atoms with van der Waals surface area (Å²) in [5, 5.41) is 2.35. The molecule has 0 atom stereocenters. The van der Waals surface area contributed by atoms with Gasteiger partial charge in [-0.25, -0.2) is 19.9 Å². The normalized spacial score (nSPS) is 13.0. The van der Waals surface area contributed by atoms with Crippen LogP contribution in [-0.2, 0) is 5.41 Å². The molecule has 0 radical (unpaired) electrons. The minimum Gasteiger partial charge on any atom is -0.294 e. The summed E-state index contributed by atoms with van der Waals surface area (Å²) >= 11 is 0. The van der Waals surface area contributed by atoms with E-state index in [0.29, 0.717) is 17.5 Å².